The number of rotatable bonds is 12. The summed E-state index contributed by atoms with van der Waals surface area (Å²) in [6.45, 7) is 15.3. The molecule has 1 unspecified atom stereocenters. The van der Waals surface area contributed by atoms with Gasteiger partial charge in [-0.2, -0.15) is 0 Å². The molecule has 3 saturated carbocycles. The Morgan fingerprint density at radius 2 is 1.85 bits per heavy atom. The maximum absolute atomic E-state index is 14.9. The zero-order valence-electron chi connectivity index (χ0n) is 28.8. The summed E-state index contributed by atoms with van der Waals surface area (Å²) in [7, 11) is 0.221. The molecule has 4 aliphatic rings. The number of anilines is 2. The number of nitrogens with zero attached hydrogens (tertiary/aromatic N) is 5. The van der Waals surface area contributed by atoms with Crippen LogP contribution >= 0.6 is 23.4 Å². The molecular formula is C35H47ClFN7O2SSi. The number of pyridine rings is 1. The smallest absolute Gasteiger partial charge is 0.227 e. The number of benzene rings is 1. The maximum Gasteiger partial charge on any atom is 0.227 e. The Hall–Kier alpha value is -2.61. The predicted octanol–water partition coefficient (Wildman–Crippen LogP) is 7.35. The van der Waals surface area contributed by atoms with Gasteiger partial charge in [0, 0.05) is 61.0 Å². The molecule has 1 saturated heterocycles. The summed E-state index contributed by atoms with van der Waals surface area (Å²) in [5.41, 5.74) is 2.68. The van der Waals surface area contributed by atoms with Gasteiger partial charge in [0.05, 0.1) is 22.5 Å². The van der Waals surface area contributed by atoms with Crippen molar-refractivity contribution in [2.75, 3.05) is 50.9 Å². The number of likely N-dealkylation sites (N-methyl/N-ethyl adjacent to an activating group) is 1. The lowest BCUT2D eigenvalue weighted by Gasteiger charge is -2.60. The van der Waals surface area contributed by atoms with Crippen LogP contribution in [0.15, 0.2) is 47.6 Å². The van der Waals surface area contributed by atoms with Crippen LogP contribution in [0.3, 0.4) is 0 Å². The van der Waals surface area contributed by atoms with Crippen molar-refractivity contribution in [2.24, 2.45) is 11.3 Å². The minimum atomic E-state index is -1.90. The lowest BCUT2D eigenvalue weighted by molar-refractivity contribution is -0.167. The van der Waals surface area contributed by atoms with E-state index in [-0.39, 0.29) is 28.1 Å². The lowest BCUT2D eigenvalue weighted by atomic mass is 9.44. The lowest BCUT2D eigenvalue weighted by Crippen LogP contribution is -2.62. The van der Waals surface area contributed by atoms with Gasteiger partial charge in [0.25, 0.3) is 0 Å². The number of carbonyl (C=O) groups excluding carboxylic acids is 1. The standard InChI is InChI=1S/C35H47ClFN7O2SSi/c1-34(2,3)48(5,6)46-15-16-47-32-30(19-28(41-42-32)26-17-24(36)7-8-27(26)37)39-25-9-10-38-29(18-25)31(44-13-11-43(4)12-14-44)40-33(45)35-20-23(21-35)22-35/h7-10,17-19,23,31H,11-16,20-22H2,1-6H3,(H,40,45)(H,38,39,41). The van der Waals surface area contributed by atoms with E-state index in [9.17, 15) is 9.18 Å². The molecule has 2 aromatic heterocycles. The van der Waals surface area contributed by atoms with E-state index in [1.807, 2.05) is 12.1 Å². The summed E-state index contributed by atoms with van der Waals surface area (Å²) in [5.74, 6) is 1.11. The maximum atomic E-state index is 14.9. The van der Waals surface area contributed by atoms with Crippen molar-refractivity contribution in [3.8, 4) is 11.3 Å². The Morgan fingerprint density at radius 3 is 2.52 bits per heavy atom. The summed E-state index contributed by atoms with van der Waals surface area (Å²) in [5, 5.41) is 17.1. The summed E-state index contributed by atoms with van der Waals surface area (Å²) >= 11 is 7.77. The average molecular weight is 712 g/mol. The molecule has 3 heterocycles. The summed E-state index contributed by atoms with van der Waals surface area (Å²) < 4.78 is 21.3. The van der Waals surface area contributed by atoms with E-state index in [0.717, 1.165) is 56.8 Å². The van der Waals surface area contributed by atoms with Gasteiger partial charge in [-0.05, 0) is 86.8 Å². The van der Waals surface area contributed by atoms with Crippen LogP contribution in [-0.2, 0) is 9.22 Å². The predicted molar refractivity (Wildman–Crippen MR) is 194 cm³/mol. The fraction of sp³-hybridized carbons (Fsp3) is 0.543. The number of nitrogens with one attached hydrogen (secondary N) is 2. The van der Waals surface area contributed by atoms with Gasteiger partial charge in [0.2, 0.25) is 5.91 Å². The fourth-order valence-corrected chi connectivity index (χ4v) is 8.44. The molecule has 0 spiro atoms. The minimum Gasteiger partial charge on any atom is -0.416 e. The van der Waals surface area contributed by atoms with Crippen LogP contribution in [0.25, 0.3) is 11.3 Å². The van der Waals surface area contributed by atoms with Gasteiger partial charge in [0.1, 0.15) is 17.0 Å². The number of hydrogen-bond acceptors (Lipinski definition) is 9. The molecule has 3 aromatic rings. The molecule has 48 heavy (non-hydrogen) atoms. The van der Waals surface area contributed by atoms with Crippen LogP contribution in [-0.4, -0.2) is 84.8 Å². The largest absolute Gasteiger partial charge is 0.416 e. The first-order valence-corrected chi connectivity index (χ1v) is 21.1. The van der Waals surface area contributed by atoms with Gasteiger partial charge in [-0.15, -0.1) is 22.0 Å². The van der Waals surface area contributed by atoms with E-state index < -0.39 is 14.1 Å². The van der Waals surface area contributed by atoms with E-state index in [0.29, 0.717) is 39.7 Å². The zero-order valence-corrected chi connectivity index (χ0v) is 31.3. The number of halogens is 2. The van der Waals surface area contributed by atoms with E-state index in [4.69, 9.17) is 21.0 Å². The van der Waals surface area contributed by atoms with Crippen molar-refractivity contribution in [2.45, 2.75) is 69.4 Å². The monoisotopic (exact) mass is 711 g/mol. The summed E-state index contributed by atoms with van der Waals surface area (Å²) in [4.78, 5) is 22.9. The van der Waals surface area contributed by atoms with Gasteiger partial charge in [-0.25, -0.2) is 4.39 Å². The first kappa shape index (κ1) is 35.2. The normalized spacial score (nSPS) is 22.0. The van der Waals surface area contributed by atoms with Crippen molar-refractivity contribution in [3.05, 3.63) is 59.1 Å². The Morgan fingerprint density at radius 1 is 1.12 bits per heavy atom. The molecule has 258 valence electrons. The number of carbonyl (C=O) groups is 1. The van der Waals surface area contributed by atoms with Crippen molar-refractivity contribution >= 4 is 49.0 Å². The number of hydrogen-bond donors (Lipinski definition) is 2. The first-order chi connectivity index (χ1) is 22.7. The average Bonchev–Trinajstić information content (AvgIpc) is 2.98. The van der Waals surface area contributed by atoms with Crippen LogP contribution in [0, 0.1) is 17.2 Å². The van der Waals surface area contributed by atoms with Crippen molar-refractivity contribution in [1.82, 2.24) is 30.3 Å². The van der Waals surface area contributed by atoms with Gasteiger partial charge in [-0.3, -0.25) is 14.7 Å². The van der Waals surface area contributed by atoms with Crippen LogP contribution in [0.4, 0.5) is 15.8 Å². The first-order valence-electron chi connectivity index (χ1n) is 16.8. The molecule has 1 atom stereocenters. The Balaban J connectivity index is 1.26. The molecule has 2 N–H and O–H groups in total. The van der Waals surface area contributed by atoms with E-state index in [1.54, 1.807) is 30.1 Å². The highest BCUT2D eigenvalue weighted by Crippen LogP contribution is 2.64. The second-order valence-corrected chi connectivity index (χ2v) is 21.4. The van der Waals surface area contributed by atoms with Gasteiger partial charge in [0.15, 0.2) is 8.32 Å². The highest BCUT2D eigenvalue weighted by Gasteiger charge is 2.61. The Labute approximate surface area is 293 Å². The highest BCUT2D eigenvalue weighted by atomic mass is 35.5. The molecule has 4 fully saturated rings. The third kappa shape index (κ3) is 7.58. The molecule has 3 aliphatic carbocycles. The van der Waals surface area contributed by atoms with Crippen LogP contribution < -0.4 is 10.6 Å². The van der Waals surface area contributed by atoms with Crippen LogP contribution in [0.2, 0.25) is 23.2 Å². The number of aromatic nitrogens is 3. The molecule has 1 aromatic carbocycles. The second kappa shape index (κ2) is 14.0. The molecular weight excluding hydrogens is 665 g/mol. The molecule has 1 aliphatic heterocycles. The Kier molecular flexibility index (Phi) is 10.2. The zero-order chi connectivity index (χ0) is 34.3. The third-order valence-corrected chi connectivity index (χ3v) is 16.3. The SMILES string of the molecule is CN1CCN(C(NC(=O)C23CC(C2)C3)c2cc(Nc3cc(-c4cc(Cl)ccc4F)nnc3SCCO[Si](C)(C)C(C)(C)C)ccn2)CC1. The highest BCUT2D eigenvalue weighted by molar-refractivity contribution is 7.99. The van der Waals surface area contributed by atoms with E-state index in [2.05, 4.69) is 71.5 Å². The van der Waals surface area contributed by atoms with Gasteiger partial charge >= 0.3 is 0 Å². The fourth-order valence-electron chi connectivity index (χ4n) is 6.35. The molecule has 7 rings (SSSR count). The third-order valence-electron chi connectivity index (χ3n) is 10.6. The topological polar surface area (TPSA) is 95.5 Å². The molecule has 1 amide bonds. The quantitative estimate of drug-likeness (QED) is 0.114. The van der Waals surface area contributed by atoms with E-state index >= 15 is 0 Å². The van der Waals surface area contributed by atoms with Gasteiger partial charge in [-0.1, -0.05) is 32.4 Å². The second-order valence-electron chi connectivity index (χ2n) is 15.1. The van der Waals surface area contributed by atoms with Crippen molar-refractivity contribution in [3.63, 3.8) is 0 Å². The van der Waals surface area contributed by atoms with Crippen molar-refractivity contribution in [1.29, 1.82) is 0 Å². The Bertz CT molecular complexity index is 1630. The number of thioether (sulfide) groups is 1. The minimum absolute atomic E-state index is 0.116. The molecule has 0 radical (unpaired) electrons. The molecule has 9 nitrogen and oxygen atoms in total. The van der Waals surface area contributed by atoms with Crippen LogP contribution in [0.1, 0.15) is 51.9 Å². The van der Waals surface area contributed by atoms with E-state index in [1.165, 1.54) is 12.1 Å². The summed E-state index contributed by atoms with van der Waals surface area (Å²) in [6.07, 6.45) is 4.41. The van der Waals surface area contributed by atoms with Crippen LogP contribution in [0.5, 0.6) is 0 Å². The molecule has 2 bridgehead atoms. The van der Waals surface area contributed by atoms with Gasteiger partial charge < -0.3 is 20.0 Å². The van der Waals surface area contributed by atoms with Crippen molar-refractivity contribution < 1.29 is 13.6 Å². The summed E-state index contributed by atoms with van der Waals surface area (Å²) in [6, 6.07) is 10.1. The molecule has 13 heteroatoms. The number of piperazine rings is 1. The number of amides is 1.